The van der Waals surface area contributed by atoms with Crippen molar-refractivity contribution in [3.63, 3.8) is 0 Å². The molecule has 0 aromatic heterocycles. The van der Waals surface area contributed by atoms with Crippen molar-refractivity contribution in [1.82, 2.24) is 0 Å². The van der Waals surface area contributed by atoms with E-state index in [0.717, 1.165) is 54.7 Å². The second kappa shape index (κ2) is 18.3. The van der Waals surface area contributed by atoms with Gasteiger partial charge in [0, 0.05) is 6.61 Å². The van der Waals surface area contributed by atoms with E-state index >= 15 is 0 Å². The Morgan fingerprint density at radius 3 is 2.06 bits per heavy atom. The summed E-state index contributed by atoms with van der Waals surface area (Å²) >= 11 is 22.2. The fourth-order valence-corrected chi connectivity index (χ4v) is 2.99. The Balaban J connectivity index is 2.31. The zero-order chi connectivity index (χ0) is 23.6. The number of hydrogen-bond donors (Lipinski definition) is 0. The highest BCUT2D eigenvalue weighted by molar-refractivity contribution is 6.56. The van der Waals surface area contributed by atoms with Crippen molar-refractivity contribution in [3.8, 4) is 11.5 Å². The minimum Gasteiger partial charge on any atom is -0.493 e. The summed E-state index contributed by atoms with van der Waals surface area (Å²) < 4.78 is 17.7. The summed E-state index contributed by atoms with van der Waals surface area (Å²) in [7, 11) is 0. The molecule has 1 aromatic carbocycles. The van der Waals surface area contributed by atoms with Gasteiger partial charge in [-0.05, 0) is 67.5 Å². The number of aryl methyl sites for hydroxylation is 2. The van der Waals surface area contributed by atoms with Gasteiger partial charge in [-0.2, -0.15) is 0 Å². The molecule has 0 amide bonds. The second-order valence-corrected chi connectivity index (χ2v) is 8.66. The molecule has 0 N–H and O–H groups in total. The Kier molecular flexibility index (Phi) is 16.6. The maximum absolute atomic E-state index is 6.14. The van der Waals surface area contributed by atoms with Crippen LogP contribution in [-0.2, 0) is 22.4 Å². The largest absolute Gasteiger partial charge is 0.493 e. The first-order valence-corrected chi connectivity index (χ1v) is 12.1. The standard InChI is InChI=1S/C23H31Cl4NO4/c1-3-18-16-20(30-13-8-21(24)25)17-19(4-2)23(18)31-12-7-5-6-11-29-15-10-28-32-14-9-22(26)27/h8-10,16-17H,3-7,11-15H2,1-2H3/b28-10+. The molecule has 0 spiro atoms. The summed E-state index contributed by atoms with van der Waals surface area (Å²) in [6.45, 7) is 6.50. The summed E-state index contributed by atoms with van der Waals surface area (Å²) in [6, 6.07) is 4.04. The molecule has 1 rings (SSSR count). The van der Waals surface area contributed by atoms with E-state index in [1.807, 2.05) is 12.1 Å². The van der Waals surface area contributed by atoms with Crippen LogP contribution in [0.2, 0.25) is 0 Å². The lowest BCUT2D eigenvalue weighted by atomic mass is 10.0. The normalized spacial score (nSPS) is 10.8. The smallest absolute Gasteiger partial charge is 0.138 e. The molecule has 0 fully saturated rings. The summed E-state index contributed by atoms with van der Waals surface area (Å²) in [4.78, 5) is 4.93. The first-order chi connectivity index (χ1) is 15.5. The number of hydrogen-bond acceptors (Lipinski definition) is 5. The monoisotopic (exact) mass is 525 g/mol. The third-order valence-electron chi connectivity index (χ3n) is 4.30. The van der Waals surface area contributed by atoms with E-state index in [2.05, 4.69) is 19.0 Å². The summed E-state index contributed by atoms with van der Waals surface area (Å²) in [5.41, 5.74) is 2.27. The SMILES string of the molecule is CCc1cc(OCC=C(Cl)Cl)cc(CC)c1OCCCCCOC/C=N/OCC=C(Cl)Cl. The maximum atomic E-state index is 6.14. The Morgan fingerprint density at radius 2 is 1.44 bits per heavy atom. The lowest BCUT2D eigenvalue weighted by Gasteiger charge is -2.17. The van der Waals surface area contributed by atoms with E-state index in [1.165, 1.54) is 6.08 Å². The van der Waals surface area contributed by atoms with Gasteiger partial charge in [0.1, 0.15) is 33.7 Å². The van der Waals surface area contributed by atoms with Gasteiger partial charge in [0.25, 0.3) is 0 Å². The van der Waals surface area contributed by atoms with Crippen molar-refractivity contribution in [2.45, 2.75) is 46.0 Å². The van der Waals surface area contributed by atoms with E-state index in [9.17, 15) is 0 Å². The van der Waals surface area contributed by atoms with Crippen LogP contribution in [0.25, 0.3) is 0 Å². The van der Waals surface area contributed by atoms with Crippen LogP contribution in [0, 0.1) is 0 Å². The summed E-state index contributed by atoms with van der Waals surface area (Å²) in [5.74, 6) is 1.76. The molecular weight excluding hydrogens is 496 g/mol. The van der Waals surface area contributed by atoms with Gasteiger partial charge in [-0.3, -0.25) is 0 Å². The van der Waals surface area contributed by atoms with Crippen molar-refractivity contribution >= 4 is 52.6 Å². The molecule has 0 aliphatic rings. The van der Waals surface area contributed by atoms with Crippen LogP contribution in [0.15, 0.2) is 38.4 Å². The fraction of sp³-hybridized carbons (Fsp3) is 0.522. The molecule has 0 saturated heterocycles. The van der Waals surface area contributed by atoms with Gasteiger partial charge in [-0.1, -0.05) is 65.4 Å². The van der Waals surface area contributed by atoms with E-state index in [-0.39, 0.29) is 15.6 Å². The lowest BCUT2D eigenvalue weighted by molar-refractivity contribution is 0.152. The van der Waals surface area contributed by atoms with E-state index < -0.39 is 0 Å². The predicted octanol–water partition coefficient (Wildman–Crippen LogP) is 7.40. The van der Waals surface area contributed by atoms with Crippen LogP contribution in [-0.4, -0.2) is 39.2 Å². The van der Waals surface area contributed by atoms with Gasteiger partial charge >= 0.3 is 0 Å². The maximum Gasteiger partial charge on any atom is 0.138 e. The molecule has 0 saturated carbocycles. The summed E-state index contributed by atoms with van der Waals surface area (Å²) in [5, 5.41) is 3.73. The molecule has 0 aliphatic heterocycles. The number of rotatable bonds is 17. The fourth-order valence-electron chi connectivity index (χ4n) is 2.74. The number of halogens is 4. The van der Waals surface area contributed by atoms with E-state index in [4.69, 9.17) is 65.5 Å². The number of oxime groups is 1. The first-order valence-electron chi connectivity index (χ1n) is 10.6. The average Bonchev–Trinajstić information content (AvgIpc) is 2.76. The molecule has 0 aliphatic carbocycles. The van der Waals surface area contributed by atoms with Gasteiger partial charge in [-0.15, -0.1) is 0 Å². The zero-order valence-electron chi connectivity index (χ0n) is 18.5. The quantitative estimate of drug-likeness (QED) is 0.120. The molecule has 0 radical (unpaired) electrons. The second-order valence-electron chi connectivity index (χ2n) is 6.64. The Hall–Kier alpha value is -1.11. The molecule has 0 heterocycles. The Bertz CT molecular complexity index is 721. The Labute approximate surface area is 211 Å². The molecule has 9 heteroatoms. The van der Waals surface area contributed by atoms with Crippen LogP contribution in [0.1, 0.15) is 44.2 Å². The molecule has 180 valence electrons. The molecule has 5 nitrogen and oxygen atoms in total. The van der Waals surface area contributed by atoms with Gasteiger partial charge in [0.15, 0.2) is 0 Å². The zero-order valence-corrected chi connectivity index (χ0v) is 21.6. The van der Waals surface area contributed by atoms with Crippen LogP contribution in [0.4, 0.5) is 0 Å². The number of unbranched alkanes of at least 4 members (excludes halogenated alkanes) is 2. The topological polar surface area (TPSA) is 49.3 Å². The van der Waals surface area contributed by atoms with Crippen molar-refractivity contribution in [1.29, 1.82) is 0 Å². The number of nitrogens with zero attached hydrogens (tertiary/aromatic N) is 1. The highest BCUT2D eigenvalue weighted by Crippen LogP contribution is 2.31. The molecular formula is C23H31Cl4NO4. The van der Waals surface area contributed by atoms with Gasteiger partial charge in [0.2, 0.25) is 0 Å². The van der Waals surface area contributed by atoms with Crippen LogP contribution in [0.5, 0.6) is 11.5 Å². The third kappa shape index (κ3) is 13.4. The molecule has 32 heavy (non-hydrogen) atoms. The van der Waals surface area contributed by atoms with E-state index in [0.29, 0.717) is 26.4 Å². The molecule has 0 unspecified atom stereocenters. The molecule has 0 bridgehead atoms. The first kappa shape index (κ1) is 28.9. The molecule has 0 atom stereocenters. The van der Waals surface area contributed by atoms with E-state index in [1.54, 1.807) is 12.3 Å². The van der Waals surface area contributed by atoms with Crippen molar-refractivity contribution in [3.05, 3.63) is 44.4 Å². The van der Waals surface area contributed by atoms with Gasteiger partial charge in [0.05, 0.1) is 19.4 Å². The number of ether oxygens (including phenoxy) is 3. The third-order valence-corrected chi connectivity index (χ3v) is 4.92. The van der Waals surface area contributed by atoms with Crippen molar-refractivity contribution in [2.24, 2.45) is 5.16 Å². The summed E-state index contributed by atoms with van der Waals surface area (Å²) in [6.07, 6.45) is 9.33. The van der Waals surface area contributed by atoms with Crippen LogP contribution >= 0.6 is 46.4 Å². The molecule has 1 aromatic rings. The predicted molar refractivity (Wildman–Crippen MR) is 135 cm³/mol. The highest BCUT2D eigenvalue weighted by atomic mass is 35.5. The highest BCUT2D eigenvalue weighted by Gasteiger charge is 2.11. The van der Waals surface area contributed by atoms with Crippen molar-refractivity contribution < 1.29 is 19.0 Å². The van der Waals surface area contributed by atoms with Crippen molar-refractivity contribution in [2.75, 3.05) is 33.0 Å². The van der Waals surface area contributed by atoms with Gasteiger partial charge < -0.3 is 19.0 Å². The Morgan fingerprint density at radius 1 is 0.812 bits per heavy atom. The lowest BCUT2D eigenvalue weighted by Crippen LogP contribution is -2.05. The number of benzene rings is 1. The van der Waals surface area contributed by atoms with Gasteiger partial charge in [-0.25, -0.2) is 0 Å². The average molecular weight is 527 g/mol. The minimum atomic E-state index is 0.157. The van der Waals surface area contributed by atoms with Crippen LogP contribution < -0.4 is 9.47 Å². The van der Waals surface area contributed by atoms with Crippen LogP contribution in [0.3, 0.4) is 0 Å². The minimum absolute atomic E-state index is 0.157.